The Morgan fingerprint density at radius 3 is 0.860 bits per heavy atom. The van der Waals surface area contributed by atoms with E-state index in [1.807, 2.05) is 48.5 Å². The fraction of sp³-hybridized carbons (Fsp3) is 0.837. The lowest BCUT2D eigenvalue weighted by atomic mass is 9.85. The van der Waals surface area contributed by atoms with Crippen LogP contribution < -0.4 is 0 Å². The highest BCUT2D eigenvalue weighted by Gasteiger charge is 2.41. The first-order valence-corrected chi connectivity index (χ1v) is 21.5. The number of rotatable bonds is 7. The van der Waals surface area contributed by atoms with Gasteiger partial charge in [-0.1, -0.05) is 102 Å². The van der Waals surface area contributed by atoms with Crippen LogP contribution >= 0.6 is 0 Å². The van der Waals surface area contributed by atoms with Crippen molar-refractivity contribution in [1.29, 1.82) is 0 Å². The predicted molar refractivity (Wildman–Crippen MR) is 237 cm³/mol. The second-order valence-corrected chi connectivity index (χ2v) is 20.4. The number of ketones is 8. The summed E-state index contributed by atoms with van der Waals surface area (Å²) >= 11 is 0. The molecule has 0 saturated heterocycles. The lowest BCUT2D eigenvalue weighted by Gasteiger charge is -2.18. The second kappa shape index (κ2) is 28.7. The summed E-state index contributed by atoms with van der Waals surface area (Å²) in [5, 5.41) is 0. The fourth-order valence-corrected chi connectivity index (χ4v) is 4.86. The van der Waals surface area contributed by atoms with Crippen LogP contribution in [0.5, 0.6) is 0 Å². The molecule has 4 fully saturated rings. The fourth-order valence-electron chi connectivity index (χ4n) is 4.86. The molecule has 0 aromatic rings. The quantitative estimate of drug-likeness (QED) is 0.248. The van der Waals surface area contributed by atoms with E-state index in [-0.39, 0.29) is 50.2 Å². The van der Waals surface area contributed by atoms with Crippen LogP contribution in [0.4, 0.5) is 0 Å². The summed E-state index contributed by atoms with van der Waals surface area (Å²) in [5.41, 5.74) is 0.103. The van der Waals surface area contributed by atoms with Crippen molar-refractivity contribution in [3.8, 4) is 0 Å². The Labute approximate surface area is 351 Å². The van der Waals surface area contributed by atoms with Crippen LogP contribution in [0, 0.1) is 38.9 Å². The third-order valence-corrected chi connectivity index (χ3v) is 11.2. The summed E-state index contributed by atoms with van der Waals surface area (Å²) in [6.07, 6.45) is 15.7. The van der Waals surface area contributed by atoms with Gasteiger partial charge in [0.05, 0.1) is 0 Å². The molecule has 8 heteroatoms. The summed E-state index contributed by atoms with van der Waals surface area (Å²) in [7, 11) is 0. The van der Waals surface area contributed by atoms with Gasteiger partial charge in [-0.15, -0.1) is 0 Å². The molecule has 0 aromatic heterocycles. The molecular weight excluding hydrogens is 717 g/mol. The Morgan fingerprint density at radius 1 is 0.491 bits per heavy atom. The molecule has 0 aliphatic heterocycles. The second-order valence-electron chi connectivity index (χ2n) is 20.4. The molecule has 0 unspecified atom stereocenters. The Kier molecular flexibility index (Phi) is 30.8. The maximum atomic E-state index is 11.0. The third kappa shape index (κ3) is 37.4. The van der Waals surface area contributed by atoms with E-state index in [9.17, 15) is 38.4 Å². The Bertz CT molecular complexity index is 1230. The van der Waals surface area contributed by atoms with Gasteiger partial charge in [0.15, 0.2) is 0 Å². The molecule has 0 heterocycles. The summed E-state index contributed by atoms with van der Waals surface area (Å²) in [6, 6.07) is 0. The Balaban J connectivity index is -0.000000284. The van der Waals surface area contributed by atoms with E-state index < -0.39 is 0 Å². The Morgan fingerprint density at radius 2 is 0.789 bits per heavy atom. The van der Waals surface area contributed by atoms with E-state index in [4.69, 9.17) is 0 Å². The molecule has 0 amide bonds. The number of carbonyl (C=O) groups is 8. The topological polar surface area (TPSA) is 137 Å². The average Bonchev–Trinajstić information content (AvgIpc) is 3.92. The van der Waals surface area contributed by atoms with E-state index in [0.717, 1.165) is 57.8 Å². The van der Waals surface area contributed by atoms with Crippen LogP contribution in [0.25, 0.3) is 0 Å². The van der Waals surface area contributed by atoms with Crippen LogP contribution in [0.2, 0.25) is 0 Å². The third-order valence-electron chi connectivity index (χ3n) is 11.2. The van der Waals surface area contributed by atoms with Gasteiger partial charge in [0.25, 0.3) is 0 Å². The molecule has 4 rings (SSSR count). The highest BCUT2D eigenvalue weighted by atomic mass is 16.2. The number of Topliss-reactive ketones (excluding diaryl/α,β-unsaturated/α-hetero) is 8. The first-order valence-electron chi connectivity index (χ1n) is 21.5. The minimum Gasteiger partial charge on any atom is -0.300 e. The molecule has 0 radical (unpaired) electrons. The molecule has 4 aliphatic rings. The van der Waals surface area contributed by atoms with E-state index >= 15 is 0 Å². The lowest BCUT2D eigenvalue weighted by molar-refractivity contribution is -0.125. The molecule has 0 N–H and O–H groups in total. The van der Waals surface area contributed by atoms with Crippen molar-refractivity contribution in [2.24, 2.45) is 38.9 Å². The minimum atomic E-state index is -0.139. The van der Waals surface area contributed by atoms with Gasteiger partial charge in [0.2, 0.25) is 0 Å². The average molecular weight is 807 g/mol. The maximum Gasteiger partial charge on any atom is 0.135 e. The van der Waals surface area contributed by atoms with Crippen molar-refractivity contribution in [2.45, 2.75) is 228 Å². The summed E-state index contributed by atoms with van der Waals surface area (Å²) in [4.78, 5) is 83.4. The predicted octanol–water partition coefficient (Wildman–Crippen LogP) is 12.5. The van der Waals surface area contributed by atoms with Gasteiger partial charge in [-0.25, -0.2) is 0 Å². The standard InChI is InChI=1S/C8H14O.C7H12O.2C7H14O.C6H10O.C6H12O.C5H8O.C3H6O/c1-7(9)8(2)5-3-4-6-8;1-6(8)7-4-2-3-5-7;1-6(8)5-7(2,3)4;1-5-7(3,4)6(2)8;1-5(7)6(2)3-4-6;1-5(7)6(2,3)4;1-4(6)5-2-3-5;1-3(2)4/h3-6H2,1-2H3;7H,2-5H2,1H3;2*5H2,1-4H3;3-4H2,1-2H3;1-4H3;5H,2-3H2,1H3;1-2H3. The normalized spacial score (nSPS) is 17.1. The van der Waals surface area contributed by atoms with Gasteiger partial charge in [0.1, 0.15) is 46.3 Å². The van der Waals surface area contributed by atoms with Crippen LogP contribution in [0.15, 0.2) is 0 Å². The van der Waals surface area contributed by atoms with Crippen molar-refractivity contribution in [3.63, 3.8) is 0 Å². The lowest BCUT2D eigenvalue weighted by Crippen LogP contribution is -2.20. The van der Waals surface area contributed by atoms with Crippen LogP contribution in [0.1, 0.15) is 228 Å². The highest BCUT2D eigenvalue weighted by Crippen LogP contribution is 2.45. The zero-order valence-electron chi connectivity index (χ0n) is 40.8. The summed E-state index contributed by atoms with van der Waals surface area (Å²) < 4.78 is 0. The van der Waals surface area contributed by atoms with Crippen LogP contribution in [0.3, 0.4) is 0 Å². The van der Waals surface area contributed by atoms with Crippen LogP contribution in [-0.2, 0) is 38.4 Å². The molecule has 4 aliphatic carbocycles. The van der Waals surface area contributed by atoms with E-state index in [1.54, 1.807) is 48.5 Å². The molecule has 0 atom stereocenters. The molecule has 334 valence electrons. The molecule has 57 heavy (non-hydrogen) atoms. The molecule has 4 saturated carbocycles. The maximum absolute atomic E-state index is 11.0. The van der Waals surface area contributed by atoms with Gasteiger partial charge in [-0.2, -0.15) is 0 Å². The monoisotopic (exact) mass is 807 g/mol. The van der Waals surface area contributed by atoms with E-state index in [2.05, 4.69) is 27.7 Å². The molecule has 8 nitrogen and oxygen atoms in total. The van der Waals surface area contributed by atoms with Crippen LogP contribution in [-0.4, -0.2) is 46.3 Å². The minimum absolute atomic E-state index is 0.0556. The largest absolute Gasteiger partial charge is 0.300 e. The van der Waals surface area contributed by atoms with Crippen molar-refractivity contribution < 1.29 is 38.4 Å². The molecular formula is C49H90O8. The first-order chi connectivity index (χ1) is 25.5. The van der Waals surface area contributed by atoms with Crippen molar-refractivity contribution >= 4 is 46.3 Å². The molecule has 0 aromatic carbocycles. The number of hydrogen-bond donors (Lipinski definition) is 0. The molecule has 0 spiro atoms. The van der Waals surface area contributed by atoms with Crippen molar-refractivity contribution in [2.75, 3.05) is 0 Å². The van der Waals surface area contributed by atoms with Gasteiger partial charge in [-0.3, -0.25) is 28.8 Å². The number of carbonyl (C=O) groups excluding carboxylic acids is 8. The zero-order chi connectivity index (χ0) is 46.2. The van der Waals surface area contributed by atoms with Crippen molar-refractivity contribution in [3.05, 3.63) is 0 Å². The van der Waals surface area contributed by atoms with Gasteiger partial charge in [0, 0.05) is 39.9 Å². The van der Waals surface area contributed by atoms with E-state index in [1.165, 1.54) is 39.5 Å². The van der Waals surface area contributed by atoms with E-state index in [0.29, 0.717) is 41.4 Å². The van der Waals surface area contributed by atoms with Gasteiger partial charge < -0.3 is 9.59 Å². The Hall–Kier alpha value is -2.64. The number of hydrogen-bond acceptors (Lipinski definition) is 8. The molecule has 0 bridgehead atoms. The highest BCUT2D eigenvalue weighted by molar-refractivity contribution is 5.84. The smallest absolute Gasteiger partial charge is 0.135 e. The SMILES string of the molecule is CC(=O)C(C)(C)C.CC(=O)C1(C)CC1.CC(=O)C1(C)CCCC1.CC(=O)C1CC1.CC(=O)C1CCCC1.CC(=O)CC(C)(C)C.CC(C)=O.CCC(C)(C)C(C)=O. The zero-order valence-corrected chi connectivity index (χ0v) is 40.8. The van der Waals surface area contributed by atoms with Gasteiger partial charge in [-0.05, 0) is 126 Å². The summed E-state index contributed by atoms with van der Waals surface area (Å²) in [6.45, 7) is 36.7. The van der Waals surface area contributed by atoms with Crippen molar-refractivity contribution in [1.82, 2.24) is 0 Å². The van der Waals surface area contributed by atoms with Gasteiger partial charge >= 0.3 is 0 Å². The summed E-state index contributed by atoms with van der Waals surface area (Å²) in [5.74, 6) is 3.34. The first kappa shape index (κ1) is 61.0.